The minimum absolute atomic E-state index is 0.0121. The highest BCUT2D eigenvalue weighted by molar-refractivity contribution is 7.70. The smallest absolute Gasteiger partial charge is 0.370 e. The van der Waals surface area contributed by atoms with Gasteiger partial charge in [0.05, 0.1) is 6.04 Å². The zero-order valence-electron chi connectivity index (χ0n) is 32.4. The molecule has 4 amide bonds. The number of amides is 4. The summed E-state index contributed by atoms with van der Waals surface area (Å²) in [4.78, 5) is 106. The summed E-state index contributed by atoms with van der Waals surface area (Å²) < 4.78 is 11.6. The molecule has 0 aliphatic carbocycles. The van der Waals surface area contributed by atoms with Gasteiger partial charge in [-0.2, -0.15) is 0 Å². The van der Waals surface area contributed by atoms with Crippen molar-refractivity contribution in [2.45, 2.75) is 88.5 Å². The number of nitrogens with zero attached hydrogens (tertiary/aromatic N) is 2. The average Bonchev–Trinajstić information content (AvgIpc) is 3.83. The normalized spacial score (nSPS) is 19.4. The molecule has 306 valence electrons. The fraction of sp³-hybridized carbons (Fsp3) is 0.381. The predicted molar refractivity (Wildman–Crippen MR) is 216 cm³/mol. The van der Waals surface area contributed by atoms with Gasteiger partial charge in [-0.25, -0.2) is 0 Å². The Hall–Kier alpha value is -5.47. The first-order valence-electron chi connectivity index (χ1n) is 19.4. The fourth-order valence-corrected chi connectivity index (χ4v) is 8.51. The average molecular weight is 813 g/mol. The first-order chi connectivity index (χ1) is 27.6. The molecule has 58 heavy (non-hydrogen) atoms. The van der Waals surface area contributed by atoms with Crippen molar-refractivity contribution in [3.05, 3.63) is 107 Å². The van der Waals surface area contributed by atoms with Crippen molar-refractivity contribution in [1.29, 1.82) is 0 Å². The van der Waals surface area contributed by atoms with Crippen molar-refractivity contribution in [1.82, 2.24) is 25.4 Å². The van der Waals surface area contributed by atoms with Crippen molar-refractivity contribution >= 4 is 53.4 Å². The van der Waals surface area contributed by atoms with Gasteiger partial charge in [-0.15, -0.1) is 0 Å². The molecule has 0 radical (unpaired) electrons. The van der Waals surface area contributed by atoms with Crippen molar-refractivity contribution in [2.75, 3.05) is 13.1 Å². The number of hydrogen-bond donors (Lipinski definition) is 6. The lowest BCUT2D eigenvalue weighted by Gasteiger charge is -2.40. The molecule has 2 saturated heterocycles. The monoisotopic (exact) mass is 812 g/mol. The Morgan fingerprint density at radius 1 is 0.914 bits per heavy atom. The Kier molecular flexibility index (Phi) is 13.1. The number of ketones is 1. The number of hydrogen-bond acceptors (Lipinski definition) is 8. The summed E-state index contributed by atoms with van der Waals surface area (Å²) in [5.74, 6) is -2.84. The van der Waals surface area contributed by atoms with Crippen LogP contribution in [0.15, 0.2) is 84.9 Å². The first-order valence-corrected chi connectivity index (χ1v) is 21.0. The van der Waals surface area contributed by atoms with E-state index in [1.54, 1.807) is 0 Å². The number of aromatic amines is 1. The van der Waals surface area contributed by atoms with E-state index in [4.69, 9.17) is 5.73 Å². The molecular formula is C42H49N6O9P. The van der Waals surface area contributed by atoms with E-state index in [9.17, 15) is 43.1 Å². The Morgan fingerprint density at radius 2 is 1.57 bits per heavy atom. The number of carbonyl (C=O) groups excluding carboxylic acids is 6. The minimum Gasteiger partial charge on any atom is -0.370 e. The molecule has 0 unspecified atom stereocenters. The van der Waals surface area contributed by atoms with Gasteiger partial charge < -0.3 is 36.0 Å². The lowest BCUT2D eigenvalue weighted by molar-refractivity contribution is -0.144. The van der Waals surface area contributed by atoms with Crippen LogP contribution in [0.4, 0.5) is 0 Å². The number of benzene rings is 3. The van der Waals surface area contributed by atoms with E-state index in [2.05, 4.69) is 20.5 Å². The highest BCUT2D eigenvalue weighted by atomic mass is 31.2. The maximum atomic E-state index is 14.6. The van der Waals surface area contributed by atoms with Gasteiger partial charge in [0.25, 0.3) is 11.4 Å². The minimum atomic E-state index is -5.03. The first kappa shape index (κ1) is 42.1. The summed E-state index contributed by atoms with van der Waals surface area (Å²) in [7, 11) is -5.03. The Bertz CT molecular complexity index is 2180. The van der Waals surface area contributed by atoms with Crippen LogP contribution in [-0.2, 0) is 23.7 Å². The van der Waals surface area contributed by atoms with E-state index in [0.29, 0.717) is 36.7 Å². The number of aromatic nitrogens is 1. The summed E-state index contributed by atoms with van der Waals surface area (Å²) in [5.41, 5.74) is 6.25. The van der Waals surface area contributed by atoms with Gasteiger partial charge in [0, 0.05) is 60.4 Å². The number of rotatable bonds is 15. The van der Waals surface area contributed by atoms with Gasteiger partial charge in [0.2, 0.25) is 17.7 Å². The lowest BCUT2D eigenvalue weighted by atomic mass is 9.85. The molecule has 0 bridgehead atoms. The van der Waals surface area contributed by atoms with Crippen LogP contribution in [0.2, 0.25) is 0 Å². The lowest BCUT2D eigenvalue weighted by Crippen LogP contribution is -2.61. The standard InChI is InChI=1S/C42H49N6O9P/c1-25(2)47-20-19-30-14-17-36(40(52)45-33(16-18-38(43)50)37(49)23-31(26-9-5-3-6-10-26)27-11-7-4-8-12-27)48(30)41(53)35(24-47)46-39(51)34-22-29-21-28(13-15-32(29)44-34)42(54)58(55,56)57/h3-13,15,21-22,25,30-31,33,35-36,44H,14,16-20,23-24H2,1-2H3,(H2,43,50)(H,45,52)(H,46,51)(H2,55,56,57)/t30-,33+,35+,36+/m1/s1. The Balaban J connectivity index is 1.23. The summed E-state index contributed by atoms with van der Waals surface area (Å²) in [6.45, 7) is 4.73. The van der Waals surface area contributed by atoms with Gasteiger partial charge in [-0.1, -0.05) is 60.7 Å². The van der Waals surface area contributed by atoms with Gasteiger partial charge in [0.1, 0.15) is 17.8 Å². The van der Waals surface area contributed by atoms with E-state index >= 15 is 0 Å². The van der Waals surface area contributed by atoms with Crippen LogP contribution < -0.4 is 16.4 Å². The number of carbonyl (C=O) groups is 6. The largest absolute Gasteiger partial charge is 0.396 e. The molecule has 2 aliphatic heterocycles. The molecule has 4 aromatic rings. The molecule has 4 atom stereocenters. The van der Waals surface area contributed by atoms with Crippen molar-refractivity contribution in [2.24, 2.45) is 5.73 Å². The predicted octanol–water partition coefficient (Wildman–Crippen LogP) is 3.60. The zero-order valence-corrected chi connectivity index (χ0v) is 33.3. The molecule has 3 heterocycles. The van der Waals surface area contributed by atoms with Crippen molar-refractivity contribution in [3.63, 3.8) is 0 Å². The molecule has 3 aromatic carbocycles. The second-order valence-electron chi connectivity index (χ2n) is 15.3. The maximum Gasteiger partial charge on any atom is 0.396 e. The third-order valence-electron chi connectivity index (χ3n) is 11.1. The Labute approximate surface area is 335 Å². The molecule has 2 aliphatic rings. The fourth-order valence-electron chi connectivity index (χ4n) is 8.03. The van der Waals surface area contributed by atoms with Crippen LogP contribution in [-0.4, -0.2) is 103 Å². The van der Waals surface area contributed by atoms with Gasteiger partial charge in [-0.3, -0.25) is 38.2 Å². The number of fused-ring (bicyclic) bond motifs is 2. The van der Waals surface area contributed by atoms with Crippen molar-refractivity contribution in [3.8, 4) is 0 Å². The number of Topliss-reactive ketones (excluding diaryl/α,β-unsaturated/α-hetero) is 1. The zero-order chi connectivity index (χ0) is 41.7. The molecule has 2 fully saturated rings. The maximum absolute atomic E-state index is 14.6. The molecule has 7 N–H and O–H groups in total. The van der Waals surface area contributed by atoms with Gasteiger partial charge in [-0.05, 0) is 74.9 Å². The highest BCUT2D eigenvalue weighted by Gasteiger charge is 2.46. The van der Waals surface area contributed by atoms with Crippen LogP contribution in [0.5, 0.6) is 0 Å². The second kappa shape index (κ2) is 18.0. The topological polar surface area (TPSA) is 232 Å². The SMILES string of the molecule is CC(C)N1CC[C@H]2CC[C@@H](C(=O)N[C@@H](CCC(N)=O)C(=O)CC(c3ccccc3)c3ccccc3)N2C(=O)[C@@H](NC(=O)c2cc3cc(C(=O)P(=O)(O)O)ccc3[nH]2)C1. The van der Waals surface area contributed by atoms with Gasteiger partial charge in [0.15, 0.2) is 5.78 Å². The number of H-pyrrole nitrogens is 1. The third kappa shape index (κ3) is 9.79. The number of primary amides is 1. The molecule has 0 saturated carbocycles. The number of nitrogens with one attached hydrogen (secondary N) is 3. The van der Waals surface area contributed by atoms with Crippen LogP contribution in [0.1, 0.15) is 90.3 Å². The molecule has 0 spiro atoms. The van der Waals surface area contributed by atoms with Crippen LogP contribution in [0.25, 0.3) is 10.9 Å². The van der Waals surface area contributed by atoms with Crippen molar-refractivity contribution < 1.29 is 43.1 Å². The summed E-state index contributed by atoms with van der Waals surface area (Å²) in [5, 5.41) is 6.09. The van der Waals surface area contributed by atoms with E-state index < -0.39 is 54.9 Å². The summed E-state index contributed by atoms with van der Waals surface area (Å²) in [6.07, 6.45) is 1.34. The summed E-state index contributed by atoms with van der Waals surface area (Å²) >= 11 is 0. The second-order valence-corrected chi connectivity index (χ2v) is 16.8. The Morgan fingerprint density at radius 3 is 2.17 bits per heavy atom. The van der Waals surface area contributed by atoms with E-state index in [0.717, 1.165) is 11.1 Å². The quantitative estimate of drug-likeness (QED) is 0.0955. The third-order valence-corrected chi connectivity index (χ3v) is 11.9. The van der Waals surface area contributed by atoms with Crippen LogP contribution in [0.3, 0.4) is 0 Å². The van der Waals surface area contributed by atoms with E-state index in [1.807, 2.05) is 74.5 Å². The molecule has 6 rings (SSSR count). The summed E-state index contributed by atoms with van der Waals surface area (Å²) in [6, 6.07) is 21.1. The van der Waals surface area contributed by atoms with E-state index in [-0.39, 0.29) is 60.8 Å². The number of nitrogens with two attached hydrogens (primary N) is 1. The van der Waals surface area contributed by atoms with Crippen LogP contribution >= 0.6 is 7.60 Å². The highest BCUT2D eigenvalue weighted by Crippen LogP contribution is 2.39. The molecule has 1 aromatic heterocycles. The molecule has 16 heteroatoms. The van der Waals surface area contributed by atoms with Crippen LogP contribution in [0, 0.1) is 0 Å². The van der Waals surface area contributed by atoms with E-state index in [1.165, 1.54) is 29.2 Å². The molecular weight excluding hydrogens is 763 g/mol. The van der Waals surface area contributed by atoms with Gasteiger partial charge >= 0.3 is 7.60 Å². The molecule has 15 nitrogen and oxygen atoms in total.